The van der Waals surface area contributed by atoms with Gasteiger partial charge in [0, 0.05) is 0 Å². The van der Waals surface area contributed by atoms with Crippen molar-refractivity contribution >= 4 is 11.9 Å². The summed E-state index contributed by atoms with van der Waals surface area (Å²) in [5, 5.41) is 10.9. The highest BCUT2D eigenvalue weighted by Crippen LogP contribution is 2.01. The Hall–Kier alpha value is -1.32. The molecule has 0 radical (unpaired) electrons. The molecule has 1 amide bonds. The molecule has 0 bridgehead atoms. The van der Waals surface area contributed by atoms with Crippen LogP contribution in [0.25, 0.3) is 0 Å². The number of carbonyl (C=O) groups is 2. The maximum absolute atomic E-state index is 10.9. The van der Waals surface area contributed by atoms with Crippen LogP contribution in [0.3, 0.4) is 0 Å². The maximum atomic E-state index is 10.9. The summed E-state index contributed by atoms with van der Waals surface area (Å²) in [5.41, 5.74) is 0. The van der Waals surface area contributed by atoms with Crippen molar-refractivity contribution in [3.05, 3.63) is 12.6 Å². The summed E-state index contributed by atoms with van der Waals surface area (Å²) >= 11 is 0. The van der Waals surface area contributed by atoms with Gasteiger partial charge in [0.1, 0.15) is 6.04 Å². The Balaban J connectivity index is 4.27. The van der Waals surface area contributed by atoms with Crippen LogP contribution in [-0.4, -0.2) is 23.0 Å². The lowest BCUT2D eigenvalue weighted by atomic mass is 10.1. The topological polar surface area (TPSA) is 66.4 Å². The van der Waals surface area contributed by atoms with Gasteiger partial charge in [-0.3, -0.25) is 4.79 Å². The monoisotopic (exact) mass is 172 g/mol. The molecule has 0 saturated carbocycles. The van der Waals surface area contributed by atoms with Gasteiger partial charge in [0.25, 0.3) is 0 Å². The zero-order valence-electron chi connectivity index (χ0n) is 8.07. The SMILES string of the molecule is [2H]C=CC(=O)N[C@H](C(=O)O)C(C)C. The minimum Gasteiger partial charge on any atom is -0.480 e. The minimum atomic E-state index is -1.07. The van der Waals surface area contributed by atoms with Crippen molar-refractivity contribution in [2.75, 3.05) is 0 Å². The maximum Gasteiger partial charge on any atom is 0.326 e. The van der Waals surface area contributed by atoms with Gasteiger partial charge >= 0.3 is 5.97 Å². The second kappa shape index (κ2) is 4.54. The normalized spacial score (nSPS) is 14.4. The van der Waals surface area contributed by atoms with Crippen molar-refractivity contribution in [1.29, 1.82) is 0 Å². The van der Waals surface area contributed by atoms with E-state index < -0.39 is 17.9 Å². The molecule has 0 aliphatic rings. The number of nitrogens with one attached hydrogen (secondary N) is 1. The lowest BCUT2D eigenvalue weighted by molar-refractivity contribution is -0.142. The van der Waals surface area contributed by atoms with Gasteiger partial charge in [-0.2, -0.15) is 0 Å². The molecule has 4 heteroatoms. The number of carboxylic acids is 1. The Kier molecular flexibility index (Phi) is 3.32. The van der Waals surface area contributed by atoms with Crippen LogP contribution in [0.5, 0.6) is 0 Å². The molecule has 1 atom stereocenters. The van der Waals surface area contributed by atoms with Gasteiger partial charge in [0.15, 0.2) is 0 Å². The molecule has 68 valence electrons. The summed E-state index contributed by atoms with van der Waals surface area (Å²) in [4.78, 5) is 21.5. The van der Waals surface area contributed by atoms with E-state index in [4.69, 9.17) is 6.48 Å². The van der Waals surface area contributed by atoms with Crippen molar-refractivity contribution in [1.82, 2.24) is 5.32 Å². The van der Waals surface area contributed by atoms with Crippen molar-refractivity contribution < 1.29 is 16.1 Å². The van der Waals surface area contributed by atoms with Crippen LogP contribution in [-0.2, 0) is 9.59 Å². The van der Waals surface area contributed by atoms with E-state index in [1.165, 1.54) is 0 Å². The molecular formula is C8H13NO3. The third-order valence-corrected chi connectivity index (χ3v) is 1.38. The molecule has 0 spiro atoms. The Morgan fingerprint density at radius 2 is 2.25 bits per heavy atom. The predicted molar refractivity (Wildman–Crippen MR) is 44.6 cm³/mol. The first-order chi connectivity index (χ1) is 5.99. The van der Waals surface area contributed by atoms with Crippen molar-refractivity contribution in [3.8, 4) is 0 Å². The molecule has 0 rings (SSSR count). The molecular weight excluding hydrogens is 158 g/mol. The second-order valence-electron chi connectivity index (χ2n) is 2.74. The predicted octanol–water partition coefficient (Wildman–Crippen LogP) is 0.398. The summed E-state index contributed by atoms with van der Waals surface area (Å²) in [6.45, 7) is 4.21. The molecule has 0 unspecified atom stereocenters. The third kappa shape index (κ3) is 3.18. The smallest absolute Gasteiger partial charge is 0.326 e. The molecule has 2 N–H and O–H groups in total. The summed E-state index contributed by atoms with van der Waals surface area (Å²) in [7, 11) is 0. The van der Waals surface area contributed by atoms with E-state index in [-0.39, 0.29) is 5.92 Å². The number of hydrogen-bond donors (Lipinski definition) is 2. The van der Waals surface area contributed by atoms with E-state index >= 15 is 0 Å². The Morgan fingerprint density at radius 1 is 1.67 bits per heavy atom. The number of hydrogen-bond acceptors (Lipinski definition) is 2. The zero-order chi connectivity index (χ0) is 10.4. The molecule has 0 aliphatic heterocycles. The molecule has 0 aromatic heterocycles. The van der Waals surface area contributed by atoms with E-state index in [0.717, 1.165) is 12.6 Å². The van der Waals surface area contributed by atoms with E-state index in [9.17, 15) is 9.59 Å². The van der Waals surface area contributed by atoms with E-state index in [1.807, 2.05) is 0 Å². The van der Waals surface area contributed by atoms with Gasteiger partial charge in [-0.1, -0.05) is 20.4 Å². The van der Waals surface area contributed by atoms with Gasteiger partial charge in [0.05, 0.1) is 1.37 Å². The molecule has 0 aromatic carbocycles. The van der Waals surface area contributed by atoms with Crippen LogP contribution in [0.4, 0.5) is 0 Å². The number of carboxylic acid groups (broad SMARTS) is 1. The number of rotatable bonds is 4. The van der Waals surface area contributed by atoms with Crippen LogP contribution in [0.2, 0.25) is 0 Å². The number of aliphatic carboxylic acids is 1. The van der Waals surface area contributed by atoms with Crippen LogP contribution >= 0.6 is 0 Å². The summed E-state index contributed by atoms with van der Waals surface area (Å²) in [5.74, 6) is -1.81. The molecule has 12 heavy (non-hydrogen) atoms. The average molecular weight is 172 g/mol. The van der Waals surface area contributed by atoms with Crippen LogP contribution < -0.4 is 5.32 Å². The van der Waals surface area contributed by atoms with E-state index in [2.05, 4.69) is 5.32 Å². The fourth-order valence-corrected chi connectivity index (χ4v) is 0.715. The van der Waals surface area contributed by atoms with Gasteiger partial charge in [-0.25, -0.2) is 4.79 Å². The first-order valence-corrected chi connectivity index (χ1v) is 3.57. The summed E-state index contributed by atoms with van der Waals surface area (Å²) < 4.78 is 6.60. The number of amides is 1. The fourth-order valence-electron chi connectivity index (χ4n) is 0.715. The van der Waals surface area contributed by atoms with E-state index in [0.29, 0.717) is 0 Å². The fraction of sp³-hybridized carbons (Fsp3) is 0.500. The molecule has 0 saturated heterocycles. The highest BCUT2D eigenvalue weighted by atomic mass is 16.4. The number of carbonyl (C=O) groups excluding carboxylic acids is 1. The third-order valence-electron chi connectivity index (χ3n) is 1.38. The van der Waals surface area contributed by atoms with Gasteiger partial charge in [0.2, 0.25) is 5.91 Å². The highest BCUT2D eigenvalue weighted by molar-refractivity contribution is 5.90. The lowest BCUT2D eigenvalue weighted by Crippen LogP contribution is -2.43. The van der Waals surface area contributed by atoms with Gasteiger partial charge < -0.3 is 10.4 Å². The van der Waals surface area contributed by atoms with Crippen molar-refractivity contribution in [3.63, 3.8) is 0 Å². The largest absolute Gasteiger partial charge is 0.480 e. The van der Waals surface area contributed by atoms with Crippen molar-refractivity contribution in [2.45, 2.75) is 19.9 Å². The molecule has 0 heterocycles. The van der Waals surface area contributed by atoms with Crippen LogP contribution in [0, 0.1) is 5.92 Å². The van der Waals surface area contributed by atoms with Crippen LogP contribution in [0.15, 0.2) is 12.6 Å². The molecule has 0 fully saturated rings. The standard InChI is InChI=1S/C8H13NO3/c1-4-6(10)9-7(5(2)3)8(11)12/h4-5,7H,1H2,2-3H3,(H,9,10)(H,11,12)/t7-/m0/s1/i1D. The Labute approximate surface area is 72.7 Å². The van der Waals surface area contributed by atoms with Crippen molar-refractivity contribution in [2.24, 2.45) is 5.92 Å². The second-order valence-corrected chi connectivity index (χ2v) is 2.74. The van der Waals surface area contributed by atoms with Crippen LogP contribution in [0.1, 0.15) is 15.2 Å². The van der Waals surface area contributed by atoms with Gasteiger partial charge in [-0.05, 0) is 12.0 Å². The Morgan fingerprint density at radius 3 is 2.58 bits per heavy atom. The molecule has 4 nitrogen and oxygen atoms in total. The summed E-state index contributed by atoms with van der Waals surface area (Å²) in [6, 6.07) is -0.899. The highest BCUT2D eigenvalue weighted by Gasteiger charge is 2.21. The summed E-state index contributed by atoms with van der Waals surface area (Å²) in [6.07, 6.45) is 0.971. The lowest BCUT2D eigenvalue weighted by Gasteiger charge is -2.16. The quantitative estimate of drug-likeness (QED) is 0.603. The Bertz CT molecular complexity index is 225. The van der Waals surface area contributed by atoms with Gasteiger partial charge in [-0.15, -0.1) is 0 Å². The molecule has 0 aromatic rings. The first kappa shape index (κ1) is 8.77. The minimum absolute atomic E-state index is 0.180. The molecule has 0 aliphatic carbocycles. The zero-order valence-corrected chi connectivity index (χ0v) is 7.07. The van der Waals surface area contributed by atoms with E-state index in [1.54, 1.807) is 13.8 Å². The average Bonchev–Trinajstić information content (AvgIpc) is 1.99. The first-order valence-electron chi connectivity index (χ1n) is 4.15.